The fraction of sp³-hybridized carbons (Fsp3) is 0.412. The van der Waals surface area contributed by atoms with E-state index in [4.69, 9.17) is 0 Å². The van der Waals surface area contributed by atoms with Crippen molar-refractivity contribution in [2.75, 3.05) is 17.3 Å². The summed E-state index contributed by atoms with van der Waals surface area (Å²) in [6.07, 6.45) is 5.97. The predicted molar refractivity (Wildman–Crippen MR) is 81.7 cm³/mol. The minimum absolute atomic E-state index is 0.461. The highest BCUT2D eigenvalue weighted by Crippen LogP contribution is 2.41. The zero-order valence-corrected chi connectivity index (χ0v) is 11.4. The lowest BCUT2D eigenvalue weighted by molar-refractivity contribution is 0.449. The lowest BCUT2D eigenvalue weighted by Crippen LogP contribution is -2.45. The largest absolute Gasteiger partial charge is 0.364 e. The number of rotatable bonds is 1. The highest BCUT2D eigenvalue weighted by molar-refractivity contribution is 6.05. The summed E-state index contributed by atoms with van der Waals surface area (Å²) in [4.78, 5) is 2.45. The second-order valence-corrected chi connectivity index (χ2v) is 5.93. The van der Waals surface area contributed by atoms with E-state index in [2.05, 4.69) is 53.7 Å². The molecule has 1 fully saturated rings. The lowest BCUT2D eigenvalue weighted by atomic mass is 9.97. The molecule has 0 bridgehead atoms. The van der Waals surface area contributed by atoms with Gasteiger partial charge < -0.3 is 10.2 Å². The van der Waals surface area contributed by atoms with Crippen LogP contribution in [0, 0.1) is 5.92 Å². The molecule has 1 atom stereocenters. The number of benzene rings is 2. The third-order valence-corrected chi connectivity index (χ3v) is 4.83. The molecule has 1 N–H and O–H groups in total. The van der Waals surface area contributed by atoms with Crippen LogP contribution in [0.25, 0.3) is 10.8 Å². The summed E-state index contributed by atoms with van der Waals surface area (Å²) in [6.45, 7) is 0. The Labute approximate surface area is 114 Å². The summed E-state index contributed by atoms with van der Waals surface area (Å²) in [5.74, 6) is 0.786. The van der Waals surface area contributed by atoms with Crippen LogP contribution >= 0.6 is 0 Å². The third-order valence-electron chi connectivity index (χ3n) is 4.83. The average Bonchev–Trinajstić information content (AvgIpc) is 2.97. The molecule has 2 nitrogen and oxygen atoms in total. The highest BCUT2D eigenvalue weighted by atomic mass is 15.3. The van der Waals surface area contributed by atoms with E-state index in [-0.39, 0.29) is 0 Å². The van der Waals surface area contributed by atoms with Crippen molar-refractivity contribution >= 4 is 22.1 Å². The zero-order valence-electron chi connectivity index (χ0n) is 11.4. The van der Waals surface area contributed by atoms with E-state index in [1.165, 1.54) is 47.8 Å². The van der Waals surface area contributed by atoms with Gasteiger partial charge in [0.05, 0.1) is 0 Å². The van der Waals surface area contributed by atoms with Crippen molar-refractivity contribution in [3.8, 4) is 0 Å². The van der Waals surface area contributed by atoms with Gasteiger partial charge in [-0.05, 0) is 36.3 Å². The number of nitrogens with zero attached hydrogens (tertiary/aromatic N) is 1. The summed E-state index contributed by atoms with van der Waals surface area (Å²) < 4.78 is 0. The van der Waals surface area contributed by atoms with E-state index in [9.17, 15) is 0 Å². The standard InChI is InChI=1S/C17H20N2/c1-19-15-11-5-9-12-8-4-10-14(16(12)15)18-17(19)13-6-2-3-7-13/h4-5,8-11,13,17-18H,2-3,6-7H2,1H3. The SMILES string of the molecule is CN1c2cccc3cccc(c23)NC1C1CCCC1. The van der Waals surface area contributed by atoms with Gasteiger partial charge in [-0.15, -0.1) is 0 Å². The van der Waals surface area contributed by atoms with Gasteiger partial charge in [0.1, 0.15) is 6.17 Å². The van der Waals surface area contributed by atoms with Crippen LogP contribution in [0.4, 0.5) is 11.4 Å². The Morgan fingerprint density at radius 3 is 2.58 bits per heavy atom. The maximum Gasteiger partial charge on any atom is 0.102 e. The Bertz CT molecular complexity index is 608. The first-order chi connectivity index (χ1) is 9.34. The molecule has 1 aliphatic heterocycles. The van der Waals surface area contributed by atoms with Gasteiger partial charge in [0.15, 0.2) is 0 Å². The van der Waals surface area contributed by atoms with Crippen molar-refractivity contribution in [3.63, 3.8) is 0 Å². The molecular weight excluding hydrogens is 232 g/mol. The minimum atomic E-state index is 0.461. The Morgan fingerprint density at radius 1 is 1.05 bits per heavy atom. The predicted octanol–water partition coefficient (Wildman–Crippen LogP) is 4.22. The number of anilines is 2. The molecule has 1 unspecified atom stereocenters. The fourth-order valence-corrected chi connectivity index (χ4v) is 3.85. The molecule has 19 heavy (non-hydrogen) atoms. The Morgan fingerprint density at radius 2 is 1.79 bits per heavy atom. The highest BCUT2D eigenvalue weighted by Gasteiger charge is 2.32. The molecule has 0 saturated heterocycles. The molecule has 1 heterocycles. The number of hydrogen-bond donors (Lipinski definition) is 1. The summed E-state index contributed by atoms with van der Waals surface area (Å²) in [6, 6.07) is 13.2. The van der Waals surface area contributed by atoms with Crippen molar-refractivity contribution in [2.45, 2.75) is 31.8 Å². The molecule has 0 aromatic heterocycles. The van der Waals surface area contributed by atoms with Crippen LogP contribution in [-0.4, -0.2) is 13.2 Å². The molecule has 4 rings (SSSR count). The first kappa shape index (κ1) is 11.2. The van der Waals surface area contributed by atoms with Gasteiger partial charge in [0.2, 0.25) is 0 Å². The first-order valence-corrected chi connectivity index (χ1v) is 7.36. The van der Waals surface area contributed by atoms with Crippen molar-refractivity contribution in [1.29, 1.82) is 0 Å². The molecule has 0 radical (unpaired) electrons. The molecule has 2 aromatic carbocycles. The van der Waals surface area contributed by atoms with Crippen LogP contribution in [0.3, 0.4) is 0 Å². The van der Waals surface area contributed by atoms with E-state index in [0.717, 1.165) is 5.92 Å². The van der Waals surface area contributed by atoms with Gasteiger partial charge in [0.25, 0.3) is 0 Å². The molecule has 2 heteroatoms. The number of hydrogen-bond acceptors (Lipinski definition) is 2. The van der Waals surface area contributed by atoms with Gasteiger partial charge in [-0.25, -0.2) is 0 Å². The maximum atomic E-state index is 3.78. The van der Waals surface area contributed by atoms with Gasteiger partial charge in [0, 0.05) is 23.8 Å². The van der Waals surface area contributed by atoms with Crippen LogP contribution in [0.5, 0.6) is 0 Å². The van der Waals surface area contributed by atoms with E-state index in [0.29, 0.717) is 6.17 Å². The van der Waals surface area contributed by atoms with Crippen LogP contribution < -0.4 is 10.2 Å². The summed E-state index contributed by atoms with van der Waals surface area (Å²) >= 11 is 0. The van der Waals surface area contributed by atoms with Gasteiger partial charge in [-0.3, -0.25) is 0 Å². The van der Waals surface area contributed by atoms with E-state index >= 15 is 0 Å². The Balaban J connectivity index is 1.84. The van der Waals surface area contributed by atoms with Crippen molar-refractivity contribution in [1.82, 2.24) is 0 Å². The molecule has 98 valence electrons. The molecule has 1 aliphatic carbocycles. The molecule has 2 aromatic rings. The smallest absolute Gasteiger partial charge is 0.102 e. The lowest BCUT2D eigenvalue weighted by Gasteiger charge is -2.40. The van der Waals surface area contributed by atoms with E-state index in [1.807, 2.05) is 0 Å². The first-order valence-electron chi connectivity index (χ1n) is 7.36. The van der Waals surface area contributed by atoms with E-state index in [1.54, 1.807) is 0 Å². The molecule has 0 spiro atoms. The monoisotopic (exact) mass is 252 g/mol. The molecule has 1 saturated carbocycles. The van der Waals surface area contributed by atoms with Crippen molar-refractivity contribution < 1.29 is 0 Å². The quantitative estimate of drug-likeness (QED) is 0.817. The van der Waals surface area contributed by atoms with Crippen molar-refractivity contribution in [3.05, 3.63) is 36.4 Å². The Kier molecular flexibility index (Phi) is 2.44. The average molecular weight is 252 g/mol. The summed E-state index contributed by atoms with van der Waals surface area (Å²) in [5, 5.41) is 6.49. The van der Waals surface area contributed by atoms with Crippen LogP contribution in [0.2, 0.25) is 0 Å². The molecule has 2 aliphatic rings. The summed E-state index contributed by atoms with van der Waals surface area (Å²) in [5.41, 5.74) is 2.69. The maximum absolute atomic E-state index is 3.78. The fourth-order valence-electron chi connectivity index (χ4n) is 3.85. The second-order valence-electron chi connectivity index (χ2n) is 5.93. The minimum Gasteiger partial charge on any atom is -0.364 e. The van der Waals surface area contributed by atoms with Gasteiger partial charge in [-0.2, -0.15) is 0 Å². The topological polar surface area (TPSA) is 15.3 Å². The van der Waals surface area contributed by atoms with Crippen LogP contribution in [0.1, 0.15) is 25.7 Å². The Hall–Kier alpha value is -1.70. The van der Waals surface area contributed by atoms with Crippen LogP contribution in [-0.2, 0) is 0 Å². The third kappa shape index (κ3) is 1.62. The zero-order chi connectivity index (χ0) is 12.8. The normalized spacial score (nSPS) is 22.8. The van der Waals surface area contributed by atoms with E-state index < -0.39 is 0 Å². The summed E-state index contributed by atoms with van der Waals surface area (Å²) in [7, 11) is 2.24. The number of nitrogens with one attached hydrogen (secondary N) is 1. The van der Waals surface area contributed by atoms with Gasteiger partial charge in [-0.1, -0.05) is 37.1 Å². The van der Waals surface area contributed by atoms with Gasteiger partial charge >= 0.3 is 0 Å². The second kappa shape index (κ2) is 4.16. The van der Waals surface area contributed by atoms with Crippen LogP contribution in [0.15, 0.2) is 36.4 Å². The van der Waals surface area contributed by atoms with Crippen molar-refractivity contribution in [2.24, 2.45) is 5.92 Å². The molecule has 0 amide bonds. The molecular formula is C17H20N2.